The summed E-state index contributed by atoms with van der Waals surface area (Å²) in [4.78, 5) is 27.1. The van der Waals surface area contributed by atoms with Crippen LogP contribution in [0.1, 0.15) is 52.7 Å². The van der Waals surface area contributed by atoms with Gasteiger partial charge < -0.3 is 19.4 Å². The summed E-state index contributed by atoms with van der Waals surface area (Å²) in [5, 5.41) is 2.78. The molecule has 6 heteroatoms. The maximum absolute atomic E-state index is 13.0. The van der Waals surface area contributed by atoms with E-state index in [9.17, 15) is 9.59 Å². The van der Waals surface area contributed by atoms with E-state index in [0.717, 1.165) is 44.5 Å². The zero-order valence-electron chi connectivity index (χ0n) is 19.0. The lowest BCUT2D eigenvalue weighted by atomic mass is 9.90. The second-order valence-corrected chi connectivity index (χ2v) is 8.36. The minimum atomic E-state index is -0.335. The fourth-order valence-electron chi connectivity index (χ4n) is 4.23. The summed E-state index contributed by atoms with van der Waals surface area (Å²) in [5.74, 6) is 1.45. The van der Waals surface area contributed by atoms with E-state index >= 15 is 0 Å². The number of likely N-dealkylation sites (tertiary alicyclic amines) is 1. The van der Waals surface area contributed by atoms with Gasteiger partial charge in [-0.15, -0.1) is 0 Å². The molecule has 1 aliphatic heterocycles. The number of carbonyl (C=O) groups is 2. The van der Waals surface area contributed by atoms with Crippen molar-refractivity contribution in [3.63, 3.8) is 0 Å². The minimum Gasteiger partial charge on any atom is -0.494 e. The van der Waals surface area contributed by atoms with Crippen molar-refractivity contribution in [2.75, 3.05) is 25.0 Å². The zero-order valence-corrected chi connectivity index (χ0v) is 19.0. The van der Waals surface area contributed by atoms with Crippen LogP contribution in [-0.4, -0.2) is 36.4 Å². The van der Waals surface area contributed by atoms with E-state index < -0.39 is 0 Å². The van der Waals surface area contributed by atoms with Crippen LogP contribution in [0.2, 0.25) is 0 Å². The number of benzene rings is 2. The van der Waals surface area contributed by atoms with Crippen LogP contribution in [0.4, 0.5) is 5.69 Å². The predicted octanol–water partition coefficient (Wildman–Crippen LogP) is 5.42. The summed E-state index contributed by atoms with van der Waals surface area (Å²) in [7, 11) is 0. The van der Waals surface area contributed by atoms with E-state index in [1.54, 1.807) is 36.4 Å². The number of nitrogens with zero attached hydrogens (tertiary/aromatic N) is 1. The maximum atomic E-state index is 13.0. The van der Waals surface area contributed by atoms with Gasteiger partial charge in [-0.2, -0.15) is 0 Å². The van der Waals surface area contributed by atoms with Crippen LogP contribution in [-0.2, 0) is 6.42 Å². The van der Waals surface area contributed by atoms with Crippen LogP contribution in [0, 0.1) is 5.92 Å². The molecule has 33 heavy (non-hydrogen) atoms. The second-order valence-electron chi connectivity index (χ2n) is 8.36. The molecule has 0 aliphatic carbocycles. The summed E-state index contributed by atoms with van der Waals surface area (Å²) in [5.41, 5.74) is 2.48. The van der Waals surface area contributed by atoms with Gasteiger partial charge in [0.2, 0.25) is 0 Å². The fraction of sp³-hybridized carbons (Fsp3) is 0.333. The first kappa shape index (κ1) is 22.6. The SMILES string of the molecule is CCOc1ccc(CCC2CCN(C(=O)c3cccc(NC(=O)c4ccco4)c3)CC2)cc1. The Balaban J connectivity index is 1.26. The van der Waals surface area contributed by atoms with Crippen LogP contribution in [0.3, 0.4) is 0 Å². The molecule has 0 atom stereocenters. The fourth-order valence-corrected chi connectivity index (χ4v) is 4.23. The highest BCUT2D eigenvalue weighted by molar-refractivity contribution is 6.03. The van der Waals surface area contributed by atoms with Crippen LogP contribution in [0.25, 0.3) is 0 Å². The van der Waals surface area contributed by atoms with E-state index in [4.69, 9.17) is 9.15 Å². The van der Waals surface area contributed by atoms with Gasteiger partial charge in [0, 0.05) is 24.3 Å². The van der Waals surface area contributed by atoms with E-state index in [1.165, 1.54) is 11.8 Å². The van der Waals surface area contributed by atoms with Gasteiger partial charge in [0.25, 0.3) is 11.8 Å². The van der Waals surface area contributed by atoms with Crippen molar-refractivity contribution in [1.29, 1.82) is 0 Å². The van der Waals surface area contributed by atoms with Crippen LogP contribution in [0.15, 0.2) is 71.3 Å². The Labute approximate surface area is 194 Å². The highest BCUT2D eigenvalue weighted by atomic mass is 16.5. The van der Waals surface area contributed by atoms with Crippen molar-refractivity contribution in [3.8, 4) is 5.75 Å². The quantitative estimate of drug-likeness (QED) is 0.502. The number of rotatable bonds is 8. The molecular formula is C27H30N2O4. The van der Waals surface area contributed by atoms with Gasteiger partial charge in [-0.25, -0.2) is 0 Å². The first-order chi connectivity index (χ1) is 16.1. The Morgan fingerprint density at radius 3 is 2.55 bits per heavy atom. The smallest absolute Gasteiger partial charge is 0.291 e. The third-order valence-corrected chi connectivity index (χ3v) is 6.09. The van der Waals surface area contributed by atoms with Gasteiger partial charge in [-0.3, -0.25) is 9.59 Å². The summed E-state index contributed by atoms with van der Waals surface area (Å²) in [6, 6.07) is 18.7. The highest BCUT2D eigenvalue weighted by Crippen LogP contribution is 2.25. The van der Waals surface area contributed by atoms with E-state index in [2.05, 4.69) is 17.4 Å². The number of furan rings is 1. The molecule has 1 fully saturated rings. The molecule has 4 rings (SSSR count). The summed E-state index contributed by atoms with van der Waals surface area (Å²) < 4.78 is 10.6. The first-order valence-electron chi connectivity index (χ1n) is 11.6. The average molecular weight is 447 g/mol. The molecule has 3 aromatic rings. The number of amides is 2. The van der Waals surface area contributed by atoms with Crippen molar-refractivity contribution in [2.45, 2.75) is 32.6 Å². The van der Waals surface area contributed by atoms with Crippen molar-refractivity contribution < 1.29 is 18.7 Å². The Morgan fingerprint density at radius 1 is 1.06 bits per heavy atom. The molecule has 1 aliphatic rings. The number of anilines is 1. The van der Waals surface area contributed by atoms with Gasteiger partial charge in [-0.1, -0.05) is 18.2 Å². The van der Waals surface area contributed by atoms with Crippen molar-refractivity contribution in [2.24, 2.45) is 5.92 Å². The molecule has 0 spiro atoms. The average Bonchev–Trinajstić information content (AvgIpc) is 3.39. The molecule has 0 saturated carbocycles. The molecular weight excluding hydrogens is 416 g/mol. The number of ether oxygens (including phenoxy) is 1. The molecule has 1 saturated heterocycles. The number of piperidine rings is 1. The van der Waals surface area contributed by atoms with Crippen LogP contribution >= 0.6 is 0 Å². The topological polar surface area (TPSA) is 71.8 Å². The summed E-state index contributed by atoms with van der Waals surface area (Å²) >= 11 is 0. The third kappa shape index (κ3) is 6.04. The monoisotopic (exact) mass is 446 g/mol. The number of aryl methyl sites for hydroxylation is 1. The molecule has 6 nitrogen and oxygen atoms in total. The minimum absolute atomic E-state index is 0.00839. The molecule has 2 aromatic carbocycles. The highest BCUT2D eigenvalue weighted by Gasteiger charge is 2.24. The molecule has 0 unspecified atom stereocenters. The Bertz CT molecular complexity index is 1050. The molecule has 2 heterocycles. The van der Waals surface area contributed by atoms with Crippen molar-refractivity contribution in [1.82, 2.24) is 4.90 Å². The number of hydrogen-bond acceptors (Lipinski definition) is 4. The van der Waals surface area contributed by atoms with Crippen LogP contribution in [0.5, 0.6) is 5.75 Å². The Hall–Kier alpha value is -3.54. The predicted molar refractivity (Wildman–Crippen MR) is 128 cm³/mol. The van der Waals surface area contributed by atoms with E-state index in [0.29, 0.717) is 23.8 Å². The van der Waals surface area contributed by atoms with Gasteiger partial charge >= 0.3 is 0 Å². The molecule has 2 amide bonds. The number of carbonyl (C=O) groups excluding carboxylic acids is 2. The van der Waals surface area contributed by atoms with E-state index in [-0.39, 0.29) is 17.6 Å². The molecule has 1 N–H and O–H groups in total. The number of nitrogens with one attached hydrogen (secondary N) is 1. The van der Waals surface area contributed by atoms with Crippen molar-refractivity contribution >= 4 is 17.5 Å². The van der Waals surface area contributed by atoms with Gasteiger partial charge in [-0.05, 0) is 86.6 Å². The van der Waals surface area contributed by atoms with E-state index in [1.807, 2.05) is 24.0 Å². The standard InChI is InChI=1S/C27H30N2O4/c1-2-32-24-12-10-20(11-13-24)8-9-21-14-16-29(17-15-21)27(31)22-5-3-6-23(19-22)28-26(30)25-7-4-18-33-25/h3-7,10-13,18-19,21H,2,8-9,14-17H2,1H3,(H,28,30). The van der Waals surface area contributed by atoms with Gasteiger partial charge in [0.05, 0.1) is 12.9 Å². The third-order valence-electron chi connectivity index (χ3n) is 6.09. The largest absolute Gasteiger partial charge is 0.494 e. The number of hydrogen-bond donors (Lipinski definition) is 1. The molecule has 0 bridgehead atoms. The maximum Gasteiger partial charge on any atom is 0.291 e. The Kier molecular flexibility index (Phi) is 7.45. The summed E-state index contributed by atoms with van der Waals surface area (Å²) in [6.07, 6.45) is 5.65. The van der Waals surface area contributed by atoms with Crippen molar-refractivity contribution in [3.05, 3.63) is 83.8 Å². The molecule has 172 valence electrons. The zero-order chi connectivity index (χ0) is 23.0. The first-order valence-corrected chi connectivity index (χ1v) is 11.6. The normalized spacial score (nSPS) is 14.2. The lowest BCUT2D eigenvalue weighted by Crippen LogP contribution is -2.38. The lowest BCUT2D eigenvalue weighted by Gasteiger charge is -2.32. The molecule has 1 aromatic heterocycles. The van der Waals surface area contributed by atoms with Crippen LogP contribution < -0.4 is 10.1 Å². The van der Waals surface area contributed by atoms with Gasteiger partial charge in [0.15, 0.2) is 5.76 Å². The van der Waals surface area contributed by atoms with Gasteiger partial charge in [0.1, 0.15) is 5.75 Å². The summed E-state index contributed by atoms with van der Waals surface area (Å²) in [6.45, 7) is 4.19. The lowest BCUT2D eigenvalue weighted by molar-refractivity contribution is 0.0686. The second kappa shape index (κ2) is 10.9. The Morgan fingerprint density at radius 2 is 1.85 bits per heavy atom. The molecule has 0 radical (unpaired) electrons.